The van der Waals surface area contributed by atoms with Crippen LogP contribution in [0.15, 0.2) is 24.3 Å². The minimum absolute atomic E-state index is 0.125. The third-order valence-corrected chi connectivity index (χ3v) is 3.27. The standard InChI is InChI=1S/C12H14N4O2S/c1-18-9-4-2-8(3-5-9)11(17)14-7-6-10-15-16-12(13)19-10/h2-5H,6-7H2,1H3,(H2,13,16)(H,14,17). The van der Waals surface area contributed by atoms with Crippen LogP contribution in [0.25, 0.3) is 0 Å². The highest BCUT2D eigenvalue weighted by molar-refractivity contribution is 7.15. The molecule has 6 nitrogen and oxygen atoms in total. The van der Waals surface area contributed by atoms with E-state index in [1.54, 1.807) is 31.4 Å². The molecule has 0 saturated carbocycles. The lowest BCUT2D eigenvalue weighted by Gasteiger charge is -2.04. The minimum Gasteiger partial charge on any atom is -0.497 e. The number of methoxy groups -OCH3 is 1. The Morgan fingerprint density at radius 2 is 2.11 bits per heavy atom. The highest BCUT2D eigenvalue weighted by Gasteiger charge is 2.06. The summed E-state index contributed by atoms with van der Waals surface area (Å²) in [6.45, 7) is 0.499. The van der Waals surface area contributed by atoms with Gasteiger partial charge in [0.1, 0.15) is 10.8 Å². The topological polar surface area (TPSA) is 90.1 Å². The Hall–Kier alpha value is -2.15. The summed E-state index contributed by atoms with van der Waals surface area (Å²) >= 11 is 1.33. The van der Waals surface area contributed by atoms with Crippen molar-refractivity contribution >= 4 is 22.4 Å². The summed E-state index contributed by atoms with van der Waals surface area (Å²) in [7, 11) is 1.59. The van der Waals surface area contributed by atoms with Crippen molar-refractivity contribution in [1.82, 2.24) is 15.5 Å². The predicted octanol–water partition coefficient (Wildman–Crippen LogP) is 1.10. The summed E-state index contributed by atoms with van der Waals surface area (Å²) in [5.74, 6) is 0.598. The van der Waals surface area contributed by atoms with Gasteiger partial charge in [-0.2, -0.15) is 0 Å². The van der Waals surface area contributed by atoms with Crippen molar-refractivity contribution in [2.24, 2.45) is 0 Å². The van der Waals surface area contributed by atoms with Gasteiger partial charge in [0.05, 0.1) is 7.11 Å². The van der Waals surface area contributed by atoms with Crippen LogP contribution in [0.1, 0.15) is 15.4 Å². The van der Waals surface area contributed by atoms with E-state index < -0.39 is 0 Å². The summed E-state index contributed by atoms with van der Waals surface area (Å²) in [5.41, 5.74) is 6.07. The highest BCUT2D eigenvalue weighted by Crippen LogP contribution is 2.12. The summed E-state index contributed by atoms with van der Waals surface area (Å²) < 4.78 is 5.03. The average molecular weight is 278 g/mol. The summed E-state index contributed by atoms with van der Waals surface area (Å²) in [6, 6.07) is 6.94. The number of ether oxygens (including phenoxy) is 1. The van der Waals surface area contributed by atoms with Crippen LogP contribution in [0.4, 0.5) is 5.13 Å². The SMILES string of the molecule is COc1ccc(C(=O)NCCc2nnc(N)s2)cc1. The predicted molar refractivity (Wildman–Crippen MR) is 73.4 cm³/mol. The molecule has 0 fully saturated rings. The van der Waals surface area contributed by atoms with Crippen LogP contribution in [0.5, 0.6) is 5.75 Å². The Labute approximate surface area is 114 Å². The van der Waals surface area contributed by atoms with E-state index in [1.807, 2.05) is 0 Å². The average Bonchev–Trinajstić information content (AvgIpc) is 2.84. The quantitative estimate of drug-likeness (QED) is 0.854. The van der Waals surface area contributed by atoms with Gasteiger partial charge < -0.3 is 15.8 Å². The largest absolute Gasteiger partial charge is 0.497 e. The molecule has 1 heterocycles. The molecule has 0 aliphatic heterocycles. The third kappa shape index (κ3) is 3.65. The zero-order chi connectivity index (χ0) is 13.7. The van der Waals surface area contributed by atoms with Crippen LogP contribution < -0.4 is 15.8 Å². The molecule has 3 N–H and O–H groups in total. The molecule has 0 aliphatic carbocycles. The smallest absolute Gasteiger partial charge is 0.251 e. The van der Waals surface area contributed by atoms with E-state index in [9.17, 15) is 4.79 Å². The van der Waals surface area contributed by atoms with Gasteiger partial charge in [-0.15, -0.1) is 10.2 Å². The van der Waals surface area contributed by atoms with E-state index in [-0.39, 0.29) is 5.91 Å². The molecular formula is C12H14N4O2S. The maximum atomic E-state index is 11.8. The number of amides is 1. The number of nitrogens with zero attached hydrogens (tertiary/aromatic N) is 2. The van der Waals surface area contributed by atoms with Gasteiger partial charge in [-0.1, -0.05) is 11.3 Å². The molecule has 1 amide bonds. The number of nitrogen functional groups attached to an aromatic ring is 1. The van der Waals surface area contributed by atoms with E-state index in [1.165, 1.54) is 11.3 Å². The number of rotatable bonds is 5. The number of benzene rings is 1. The lowest BCUT2D eigenvalue weighted by molar-refractivity contribution is 0.0954. The first-order valence-corrected chi connectivity index (χ1v) is 6.51. The molecule has 19 heavy (non-hydrogen) atoms. The maximum Gasteiger partial charge on any atom is 0.251 e. The van der Waals surface area contributed by atoms with Crippen molar-refractivity contribution in [3.05, 3.63) is 34.8 Å². The Kier molecular flexibility index (Phi) is 4.30. The molecule has 1 aromatic carbocycles. The number of anilines is 1. The van der Waals surface area contributed by atoms with Crippen molar-refractivity contribution < 1.29 is 9.53 Å². The number of nitrogens with one attached hydrogen (secondary N) is 1. The maximum absolute atomic E-state index is 11.8. The second-order valence-electron chi connectivity index (χ2n) is 3.77. The molecule has 0 bridgehead atoms. The molecule has 0 aliphatic rings. The molecule has 2 aromatic rings. The summed E-state index contributed by atoms with van der Waals surface area (Å²) in [4.78, 5) is 11.8. The van der Waals surface area contributed by atoms with Gasteiger partial charge in [0.25, 0.3) is 5.91 Å². The van der Waals surface area contributed by atoms with Crippen LogP contribution in [0, 0.1) is 0 Å². The Bertz CT molecular complexity index is 553. The Morgan fingerprint density at radius 3 is 2.68 bits per heavy atom. The zero-order valence-electron chi connectivity index (χ0n) is 10.4. The van der Waals surface area contributed by atoms with Crippen molar-refractivity contribution in [2.75, 3.05) is 19.4 Å². The van der Waals surface area contributed by atoms with Crippen molar-refractivity contribution in [1.29, 1.82) is 0 Å². The lowest BCUT2D eigenvalue weighted by atomic mass is 10.2. The molecule has 100 valence electrons. The number of hydrogen-bond acceptors (Lipinski definition) is 6. The monoisotopic (exact) mass is 278 g/mol. The molecule has 0 atom stereocenters. The molecular weight excluding hydrogens is 264 g/mol. The van der Waals surface area contributed by atoms with Gasteiger partial charge in [0.15, 0.2) is 0 Å². The number of aromatic nitrogens is 2. The number of hydrogen-bond donors (Lipinski definition) is 2. The molecule has 2 rings (SSSR count). The van der Waals surface area contributed by atoms with E-state index in [4.69, 9.17) is 10.5 Å². The molecule has 7 heteroatoms. The molecule has 1 aromatic heterocycles. The zero-order valence-corrected chi connectivity index (χ0v) is 11.2. The van der Waals surface area contributed by atoms with E-state index in [0.717, 1.165) is 10.8 Å². The molecule has 0 unspecified atom stereocenters. The normalized spacial score (nSPS) is 10.2. The molecule has 0 saturated heterocycles. The first-order valence-electron chi connectivity index (χ1n) is 5.69. The van der Waals surface area contributed by atoms with E-state index in [0.29, 0.717) is 23.7 Å². The van der Waals surface area contributed by atoms with Crippen LogP contribution in [-0.2, 0) is 6.42 Å². The van der Waals surface area contributed by atoms with Crippen molar-refractivity contribution in [2.45, 2.75) is 6.42 Å². The molecule has 0 spiro atoms. The van der Waals surface area contributed by atoms with E-state index in [2.05, 4.69) is 15.5 Å². The number of carbonyl (C=O) groups is 1. The fraction of sp³-hybridized carbons (Fsp3) is 0.250. The van der Waals surface area contributed by atoms with Gasteiger partial charge in [0.2, 0.25) is 5.13 Å². The van der Waals surface area contributed by atoms with Crippen LogP contribution >= 0.6 is 11.3 Å². The van der Waals surface area contributed by atoms with E-state index >= 15 is 0 Å². The second-order valence-corrected chi connectivity index (χ2v) is 4.86. The number of nitrogens with two attached hydrogens (primary N) is 1. The lowest BCUT2D eigenvalue weighted by Crippen LogP contribution is -2.25. The van der Waals surface area contributed by atoms with Crippen LogP contribution in [-0.4, -0.2) is 29.8 Å². The second kappa shape index (κ2) is 6.14. The van der Waals surface area contributed by atoms with Crippen LogP contribution in [0.2, 0.25) is 0 Å². The first kappa shape index (κ1) is 13.3. The van der Waals surface area contributed by atoms with Gasteiger partial charge in [0, 0.05) is 18.5 Å². The Morgan fingerprint density at radius 1 is 1.37 bits per heavy atom. The highest BCUT2D eigenvalue weighted by atomic mass is 32.1. The summed E-state index contributed by atoms with van der Waals surface area (Å²) in [6.07, 6.45) is 0.622. The van der Waals surface area contributed by atoms with Crippen molar-refractivity contribution in [3.63, 3.8) is 0 Å². The fourth-order valence-corrected chi connectivity index (χ4v) is 2.10. The van der Waals surface area contributed by atoms with Gasteiger partial charge >= 0.3 is 0 Å². The van der Waals surface area contributed by atoms with Gasteiger partial charge in [-0.05, 0) is 24.3 Å². The number of carbonyl (C=O) groups excluding carboxylic acids is 1. The third-order valence-electron chi connectivity index (χ3n) is 2.46. The summed E-state index contributed by atoms with van der Waals surface area (Å²) in [5, 5.41) is 11.7. The molecule has 0 radical (unpaired) electrons. The van der Waals surface area contributed by atoms with Crippen LogP contribution in [0.3, 0.4) is 0 Å². The van der Waals surface area contributed by atoms with Crippen molar-refractivity contribution in [3.8, 4) is 5.75 Å². The fourth-order valence-electron chi connectivity index (χ4n) is 1.50. The van der Waals surface area contributed by atoms with Gasteiger partial charge in [-0.3, -0.25) is 4.79 Å². The minimum atomic E-state index is -0.125. The first-order chi connectivity index (χ1) is 9.19. The Balaban J connectivity index is 1.83. The van der Waals surface area contributed by atoms with Gasteiger partial charge in [-0.25, -0.2) is 0 Å².